The standard InChI is InChI=1S/C18H16ClN5O2/c1-12(24-11-20-10-21-24)17(25)22-15-5-7-16(8-6-15)23-18(26)13-3-2-4-14(19)9-13/h2-12H,1H3,(H,22,25)(H,23,26). The number of nitrogens with zero attached hydrogens (tertiary/aromatic N) is 3. The first-order valence-electron chi connectivity index (χ1n) is 7.85. The lowest BCUT2D eigenvalue weighted by molar-refractivity contribution is -0.119. The Morgan fingerprint density at radius 1 is 1.08 bits per heavy atom. The van der Waals surface area contributed by atoms with Gasteiger partial charge in [-0.2, -0.15) is 5.10 Å². The number of nitrogens with one attached hydrogen (secondary N) is 2. The predicted molar refractivity (Wildman–Crippen MR) is 99.2 cm³/mol. The molecule has 1 heterocycles. The number of benzene rings is 2. The molecule has 0 fully saturated rings. The molecule has 7 nitrogen and oxygen atoms in total. The molecule has 1 aromatic heterocycles. The van der Waals surface area contributed by atoms with Gasteiger partial charge in [0.2, 0.25) is 5.91 Å². The average molecular weight is 370 g/mol. The molecule has 2 aromatic carbocycles. The molecule has 0 saturated carbocycles. The summed E-state index contributed by atoms with van der Waals surface area (Å²) in [6.45, 7) is 1.73. The third-order valence-electron chi connectivity index (χ3n) is 3.71. The molecule has 0 saturated heterocycles. The van der Waals surface area contributed by atoms with Crippen LogP contribution < -0.4 is 10.6 Å². The minimum atomic E-state index is -0.486. The van der Waals surface area contributed by atoms with E-state index >= 15 is 0 Å². The smallest absolute Gasteiger partial charge is 0.255 e. The van der Waals surface area contributed by atoms with Crippen molar-refractivity contribution in [1.29, 1.82) is 0 Å². The third-order valence-corrected chi connectivity index (χ3v) is 3.95. The lowest BCUT2D eigenvalue weighted by atomic mass is 10.2. The normalized spacial score (nSPS) is 11.6. The van der Waals surface area contributed by atoms with E-state index in [1.54, 1.807) is 55.5 Å². The second-order valence-corrected chi connectivity index (χ2v) is 6.02. The molecule has 0 radical (unpaired) electrons. The Bertz CT molecular complexity index is 910. The van der Waals surface area contributed by atoms with Gasteiger partial charge in [0.25, 0.3) is 5.91 Å². The summed E-state index contributed by atoms with van der Waals surface area (Å²) in [4.78, 5) is 28.2. The summed E-state index contributed by atoms with van der Waals surface area (Å²) in [7, 11) is 0. The highest BCUT2D eigenvalue weighted by atomic mass is 35.5. The van der Waals surface area contributed by atoms with E-state index in [-0.39, 0.29) is 11.8 Å². The van der Waals surface area contributed by atoms with Gasteiger partial charge in [0.15, 0.2) is 0 Å². The minimum absolute atomic E-state index is 0.216. The molecule has 8 heteroatoms. The van der Waals surface area contributed by atoms with Crippen LogP contribution in [0.3, 0.4) is 0 Å². The Morgan fingerprint density at radius 3 is 2.38 bits per heavy atom. The molecule has 0 aliphatic heterocycles. The van der Waals surface area contributed by atoms with E-state index in [4.69, 9.17) is 11.6 Å². The van der Waals surface area contributed by atoms with Gasteiger partial charge in [-0.05, 0) is 49.4 Å². The quantitative estimate of drug-likeness (QED) is 0.721. The first-order valence-corrected chi connectivity index (χ1v) is 8.22. The lowest BCUT2D eigenvalue weighted by Gasteiger charge is -2.12. The average Bonchev–Trinajstić information content (AvgIpc) is 3.17. The van der Waals surface area contributed by atoms with Crippen LogP contribution >= 0.6 is 11.6 Å². The number of anilines is 2. The summed E-state index contributed by atoms with van der Waals surface area (Å²) in [6.07, 6.45) is 2.86. The zero-order valence-electron chi connectivity index (χ0n) is 13.9. The number of carbonyl (C=O) groups excluding carboxylic acids is 2. The van der Waals surface area contributed by atoms with E-state index in [2.05, 4.69) is 20.7 Å². The number of amides is 2. The molecule has 26 heavy (non-hydrogen) atoms. The molecular formula is C18H16ClN5O2. The highest BCUT2D eigenvalue weighted by Gasteiger charge is 2.15. The zero-order valence-corrected chi connectivity index (χ0v) is 14.6. The topological polar surface area (TPSA) is 88.9 Å². The van der Waals surface area contributed by atoms with Gasteiger partial charge in [-0.3, -0.25) is 9.59 Å². The van der Waals surface area contributed by atoms with Crippen molar-refractivity contribution in [2.75, 3.05) is 10.6 Å². The summed E-state index contributed by atoms with van der Waals surface area (Å²) >= 11 is 5.89. The van der Waals surface area contributed by atoms with Crippen molar-refractivity contribution in [2.24, 2.45) is 0 Å². The van der Waals surface area contributed by atoms with E-state index in [0.29, 0.717) is 22.0 Å². The van der Waals surface area contributed by atoms with Gasteiger partial charge in [-0.15, -0.1) is 0 Å². The van der Waals surface area contributed by atoms with Crippen molar-refractivity contribution in [1.82, 2.24) is 14.8 Å². The predicted octanol–water partition coefficient (Wildman–Crippen LogP) is 3.38. The van der Waals surface area contributed by atoms with Crippen molar-refractivity contribution >= 4 is 34.8 Å². The maximum atomic E-state index is 12.2. The SMILES string of the molecule is CC(C(=O)Nc1ccc(NC(=O)c2cccc(Cl)c2)cc1)n1cncn1. The van der Waals surface area contributed by atoms with Crippen molar-refractivity contribution < 1.29 is 9.59 Å². The first-order chi connectivity index (χ1) is 12.5. The van der Waals surface area contributed by atoms with Crippen LogP contribution in [0.1, 0.15) is 23.3 Å². The summed E-state index contributed by atoms with van der Waals surface area (Å²) in [5, 5.41) is 10.0. The fourth-order valence-electron chi connectivity index (χ4n) is 2.25. The van der Waals surface area contributed by atoms with E-state index < -0.39 is 6.04 Å². The molecule has 0 aliphatic rings. The Hall–Kier alpha value is -3.19. The highest BCUT2D eigenvalue weighted by molar-refractivity contribution is 6.31. The van der Waals surface area contributed by atoms with Gasteiger partial charge in [0.1, 0.15) is 18.7 Å². The summed E-state index contributed by atoms with van der Waals surface area (Å²) in [5.41, 5.74) is 1.69. The van der Waals surface area contributed by atoms with Crippen LogP contribution in [0.4, 0.5) is 11.4 Å². The van der Waals surface area contributed by atoms with E-state index in [0.717, 1.165) is 0 Å². The minimum Gasteiger partial charge on any atom is -0.324 e. The molecule has 2 N–H and O–H groups in total. The number of aromatic nitrogens is 3. The highest BCUT2D eigenvalue weighted by Crippen LogP contribution is 2.17. The van der Waals surface area contributed by atoms with Crippen LogP contribution in [0.15, 0.2) is 61.2 Å². The number of hydrogen-bond acceptors (Lipinski definition) is 4. The van der Waals surface area contributed by atoms with Gasteiger partial charge < -0.3 is 10.6 Å². The fraction of sp³-hybridized carbons (Fsp3) is 0.111. The molecule has 132 valence electrons. The molecular weight excluding hydrogens is 354 g/mol. The molecule has 3 rings (SSSR count). The summed E-state index contributed by atoms with van der Waals surface area (Å²) in [6, 6.07) is 13.0. The maximum absolute atomic E-state index is 12.2. The van der Waals surface area contributed by atoms with Crippen LogP contribution in [0.25, 0.3) is 0 Å². The zero-order chi connectivity index (χ0) is 18.5. The van der Waals surface area contributed by atoms with Crippen LogP contribution in [0.2, 0.25) is 5.02 Å². The maximum Gasteiger partial charge on any atom is 0.255 e. The molecule has 3 aromatic rings. The van der Waals surface area contributed by atoms with Gasteiger partial charge >= 0.3 is 0 Å². The number of carbonyl (C=O) groups is 2. The molecule has 1 atom stereocenters. The molecule has 0 bridgehead atoms. The Balaban J connectivity index is 1.61. The van der Waals surface area contributed by atoms with Crippen LogP contribution in [0, 0.1) is 0 Å². The van der Waals surface area contributed by atoms with Gasteiger partial charge in [0, 0.05) is 22.0 Å². The van der Waals surface area contributed by atoms with E-state index in [9.17, 15) is 9.59 Å². The van der Waals surface area contributed by atoms with Crippen LogP contribution in [-0.2, 0) is 4.79 Å². The molecule has 0 aliphatic carbocycles. The van der Waals surface area contributed by atoms with Crippen molar-refractivity contribution in [2.45, 2.75) is 13.0 Å². The number of rotatable bonds is 5. The van der Waals surface area contributed by atoms with E-state index in [1.165, 1.54) is 17.3 Å². The molecule has 2 amide bonds. The molecule has 1 unspecified atom stereocenters. The van der Waals surface area contributed by atoms with Gasteiger partial charge in [-0.25, -0.2) is 9.67 Å². The fourth-order valence-corrected chi connectivity index (χ4v) is 2.44. The number of hydrogen-bond donors (Lipinski definition) is 2. The lowest BCUT2D eigenvalue weighted by Crippen LogP contribution is -2.24. The third kappa shape index (κ3) is 4.25. The summed E-state index contributed by atoms with van der Waals surface area (Å²) < 4.78 is 1.47. The Morgan fingerprint density at radius 2 is 1.77 bits per heavy atom. The van der Waals surface area contributed by atoms with Crippen molar-refractivity contribution in [3.05, 3.63) is 71.8 Å². The van der Waals surface area contributed by atoms with Crippen LogP contribution in [0.5, 0.6) is 0 Å². The Labute approximate surface area is 155 Å². The van der Waals surface area contributed by atoms with E-state index in [1.807, 2.05) is 0 Å². The summed E-state index contributed by atoms with van der Waals surface area (Å²) in [5.74, 6) is -0.477. The van der Waals surface area contributed by atoms with Crippen molar-refractivity contribution in [3.63, 3.8) is 0 Å². The second-order valence-electron chi connectivity index (χ2n) is 5.58. The first kappa shape index (κ1) is 17.6. The molecule has 0 spiro atoms. The van der Waals surface area contributed by atoms with Crippen molar-refractivity contribution in [3.8, 4) is 0 Å². The second kappa shape index (κ2) is 7.79. The van der Waals surface area contributed by atoms with Gasteiger partial charge in [-0.1, -0.05) is 17.7 Å². The van der Waals surface area contributed by atoms with Crippen LogP contribution in [-0.4, -0.2) is 26.6 Å². The van der Waals surface area contributed by atoms with Gasteiger partial charge in [0.05, 0.1) is 0 Å². The monoisotopic (exact) mass is 369 g/mol. The number of halogens is 1. The largest absolute Gasteiger partial charge is 0.324 e. The Kier molecular flexibility index (Phi) is 5.28.